The third kappa shape index (κ3) is 5.40. The highest BCUT2D eigenvalue weighted by atomic mass is 19.1. The molecule has 0 spiro atoms. The van der Waals surface area contributed by atoms with E-state index in [0.717, 1.165) is 11.1 Å². The lowest BCUT2D eigenvalue weighted by atomic mass is 10.0. The molecule has 0 saturated carbocycles. The molecule has 1 fully saturated rings. The smallest absolute Gasteiger partial charge is 0.245 e. The molecule has 1 amide bonds. The summed E-state index contributed by atoms with van der Waals surface area (Å²) in [5, 5.41) is 4.96. The lowest BCUT2D eigenvalue weighted by Crippen LogP contribution is -2.43. The fourth-order valence-electron chi connectivity index (χ4n) is 4.94. The van der Waals surface area contributed by atoms with Gasteiger partial charge in [-0.2, -0.15) is 5.10 Å². The van der Waals surface area contributed by atoms with Gasteiger partial charge in [-0.25, -0.2) is 19.3 Å². The Labute approximate surface area is 229 Å². The second-order valence-corrected chi connectivity index (χ2v) is 9.92. The number of aromatic nitrogens is 5. The molecule has 2 atom stereocenters. The van der Waals surface area contributed by atoms with Crippen molar-refractivity contribution in [3.8, 4) is 11.1 Å². The van der Waals surface area contributed by atoms with Crippen molar-refractivity contribution in [3.05, 3.63) is 71.7 Å². The molecular formula is C29H27FN6O4. The van der Waals surface area contributed by atoms with Gasteiger partial charge in [0.2, 0.25) is 5.91 Å². The highest BCUT2D eigenvalue weighted by Gasteiger charge is 2.39. The summed E-state index contributed by atoms with van der Waals surface area (Å²) in [6.45, 7) is 4.08. The monoisotopic (exact) mass is 542 g/mol. The number of ketones is 3. The highest BCUT2D eigenvalue weighted by molar-refractivity contribution is 6.06. The molecule has 10 nitrogen and oxygen atoms in total. The zero-order valence-corrected chi connectivity index (χ0v) is 22.3. The molecule has 0 aliphatic carbocycles. The first-order valence-corrected chi connectivity index (χ1v) is 12.8. The van der Waals surface area contributed by atoms with Crippen LogP contribution in [0.15, 0.2) is 48.8 Å². The van der Waals surface area contributed by atoms with Crippen molar-refractivity contribution in [3.63, 3.8) is 0 Å². The molecule has 1 saturated heterocycles. The summed E-state index contributed by atoms with van der Waals surface area (Å²) >= 11 is 0. The van der Waals surface area contributed by atoms with Crippen molar-refractivity contribution in [2.24, 2.45) is 0 Å². The molecule has 40 heavy (non-hydrogen) atoms. The number of hydrogen-bond acceptors (Lipinski definition) is 8. The van der Waals surface area contributed by atoms with Crippen LogP contribution in [0.25, 0.3) is 22.0 Å². The van der Waals surface area contributed by atoms with Crippen molar-refractivity contribution < 1.29 is 23.6 Å². The van der Waals surface area contributed by atoms with E-state index < -0.39 is 18.1 Å². The van der Waals surface area contributed by atoms with Gasteiger partial charge in [0.15, 0.2) is 17.3 Å². The van der Waals surface area contributed by atoms with Crippen molar-refractivity contribution in [2.75, 3.05) is 6.54 Å². The molecule has 4 heterocycles. The SMILES string of the molecule is CC(=O)c1cccc(CC(=O)[C@@H]2C[C@@H](F)CN2C(=O)Cn2nc(C(C)=O)c3cc(-c4cnc(C)nc4)ccc32)n1. The van der Waals surface area contributed by atoms with Gasteiger partial charge in [-0.15, -0.1) is 0 Å². The number of alkyl halides is 1. The largest absolute Gasteiger partial charge is 0.328 e. The Bertz CT molecular complexity index is 1650. The number of carbonyl (C=O) groups excluding carboxylic acids is 4. The van der Waals surface area contributed by atoms with E-state index in [0.29, 0.717) is 22.4 Å². The number of pyridine rings is 1. The number of hydrogen-bond donors (Lipinski definition) is 0. The Balaban J connectivity index is 1.39. The maximum absolute atomic E-state index is 14.5. The predicted octanol–water partition coefficient (Wildman–Crippen LogP) is 3.35. The van der Waals surface area contributed by atoms with Crippen LogP contribution in [0, 0.1) is 6.92 Å². The number of rotatable bonds is 8. The first-order valence-electron chi connectivity index (χ1n) is 12.8. The summed E-state index contributed by atoms with van der Waals surface area (Å²) in [4.78, 5) is 64.5. The van der Waals surface area contributed by atoms with E-state index >= 15 is 0 Å². The standard InChI is InChI=1S/C29H27FN6O4/c1-16(37)24-6-4-5-22(33-24)11-27(39)26-10-21(30)14-35(26)28(40)15-36-25-8-7-19(20-12-31-18(3)32-13-20)9-23(25)29(34-36)17(2)38/h4-9,12-13,21,26H,10-11,14-15H2,1-3H3/t21-,26+/m1/s1. The molecule has 0 radical (unpaired) electrons. The van der Waals surface area contributed by atoms with E-state index in [9.17, 15) is 23.6 Å². The Morgan fingerprint density at radius 3 is 2.45 bits per heavy atom. The van der Waals surface area contributed by atoms with Crippen molar-refractivity contribution in [2.45, 2.75) is 52.4 Å². The summed E-state index contributed by atoms with van der Waals surface area (Å²) < 4.78 is 15.9. The second-order valence-electron chi connectivity index (χ2n) is 9.92. The van der Waals surface area contributed by atoms with Crippen LogP contribution in [-0.4, -0.2) is 71.6 Å². The Morgan fingerprint density at radius 1 is 1.00 bits per heavy atom. The minimum atomic E-state index is -1.35. The average molecular weight is 543 g/mol. The maximum atomic E-state index is 14.5. The summed E-state index contributed by atoms with van der Waals surface area (Å²) in [5.41, 5.74) is 2.92. The molecule has 0 unspecified atom stereocenters. The fraction of sp³-hybridized carbons (Fsp3) is 0.310. The second kappa shape index (κ2) is 10.8. The quantitative estimate of drug-likeness (QED) is 0.310. The predicted molar refractivity (Wildman–Crippen MR) is 143 cm³/mol. The van der Waals surface area contributed by atoms with Gasteiger partial charge >= 0.3 is 0 Å². The van der Waals surface area contributed by atoms with Crippen LogP contribution >= 0.6 is 0 Å². The van der Waals surface area contributed by atoms with Gasteiger partial charge in [-0.1, -0.05) is 12.1 Å². The van der Waals surface area contributed by atoms with Crippen molar-refractivity contribution >= 4 is 34.2 Å². The maximum Gasteiger partial charge on any atom is 0.245 e. The van der Waals surface area contributed by atoms with E-state index in [1.54, 1.807) is 49.6 Å². The van der Waals surface area contributed by atoms with Crippen LogP contribution in [-0.2, 0) is 22.6 Å². The molecule has 0 bridgehead atoms. The third-order valence-corrected chi connectivity index (χ3v) is 6.95. The highest BCUT2D eigenvalue weighted by Crippen LogP contribution is 2.28. The zero-order valence-electron chi connectivity index (χ0n) is 22.3. The minimum Gasteiger partial charge on any atom is -0.328 e. The van der Waals surface area contributed by atoms with E-state index in [1.165, 1.54) is 23.4 Å². The molecule has 1 aliphatic rings. The van der Waals surface area contributed by atoms with Crippen LogP contribution in [0.2, 0.25) is 0 Å². The minimum absolute atomic E-state index is 0.114. The van der Waals surface area contributed by atoms with E-state index in [2.05, 4.69) is 20.1 Å². The van der Waals surface area contributed by atoms with Crippen LogP contribution in [0.1, 0.15) is 52.8 Å². The van der Waals surface area contributed by atoms with Crippen LogP contribution < -0.4 is 0 Å². The molecule has 4 aromatic rings. The van der Waals surface area contributed by atoms with Crippen LogP contribution in [0.4, 0.5) is 4.39 Å². The lowest BCUT2D eigenvalue weighted by molar-refractivity contribution is -0.138. The molecule has 3 aromatic heterocycles. The summed E-state index contributed by atoms with van der Waals surface area (Å²) in [5.74, 6) is -0.713. The summed E-state index contributed by atoms with van der Waals surface area (Å²) in [6, 6.07) is 9.23. The Kier molecular flexibility index (Phi) is 7.29. The number of carbonyl (C=O) groups is 4. The molecule has 1 aliphatic heterocycles. The van der Waals surface area contributed by atoms with Crippen molar-refractivity contribution in [1.82, 2.24) is 29.6 Å². The molecule has 0 N–H and O–H groups in total. The summed E-state index contributed by atoms with van der Waals surface area (Å²) in [6.07, 6.45) is 1.78. The van der Waals surface area contributed by atoms with Gasteiger partial charge in [-0.05, 0) is 36.8 Å². The normalized spacial score (nSPS) is 16.9. The molecule has 1 aromatic carbocycles. The van der Waals surface area contributed by atoms with E-state index in [-0.39, 0.29) is 54.7 Å². The topological polar surface area (TPSA) is 128 Å². The lowest BCUT2D eigenvalue weighted by Gasteiger charge is -2.23. The number of aryl methyl sites for hydroxylation is 1. The first-order chi connectivity index (χ1) is 19.1. The van der Waals surface area contributed by atoms with Gasteiger partial charge in [0.1, 0.15) is 29.9 Å². The van der Waals surface area contributed by atoms with Gasteiger partial charge in [0.05, 0.1) is 24.5 Å². The van der Waals surface area contributed by atoms with Gasteiger partial charge in [0.25, 0.3) is 0 Å². The number of fused-ring (bicyclic) bond motifs is 1. The van der Waals surface area contributed by atoms with Crippen LogP contribution in [0.3, 0.4) is 0 Å². The van der Waals surface area contributed by atoms with Gasteiger partial charge in [-0.3, -0.25) is 23.9 Å². The van der Waals surface area contributed by atoms with Crippen LogP contribution in [0.5, 0.6) is 0 Å². The molecule has 11 heteroatoms. The Morgan fingerprint density at radius 2 is 1.75 bits per heavy atom. The molecule has 204 valence electrons. The number of amides is 1. The zero-order chi connectivity index (χ0) is 28.6. The molecular weight excluding hydrogens is 515 g/mol. The van der Waals surface area contributed by atoms with Crippen molar-refractivity contribution in [1.29, 1.82) is 0 Å². The number of nitrogens with zero attached hydrogens (tertiary/aromatic N) is 6. The molecule has 5 rings (SSSR count). The van der Waals surface area contributed by atoms with E-state index in [4.69, 9.17) is 0 Å². The number of benzene rings is 1. The van der Waals surface area contributed by atoms with E-state index in [1.807, 2.05) is 6.07 Å². The summed E-state index contributed by atoms with van der Waals surface area (Å²) in [7, 11) is 0. The van der Waals surface area contributed by atoms with Gasteiger partial charge < -0.3 is 4.90 Å². The third-order valence-electron chi connectivity index (χ3n) is 6.95. The number of likely N-dealkylation sites (tertiary alicyclic amines) is 1. The fourth-order valence-corrected chi connectivity index (χ4v) is 4.94. The average Bonchev–Trinajstić information content (AvgIpc) is 3.50. The number of Topliss-reactive ketones (excluding diaryl/α,β-unsaturated/α-hetero) is 3. The van der Waals surface area contributed by atoms with Gasteiger partial charge in [0, 0.05) is 49.3 Å². The Hall–Kier alpha value is -4.67. The first kappa shape index (κ1) is 26.9. The number of halogens is 1.